The molecule has 3 atom stereocenters. The van der Waals surface area contributed by atoms with Crippen LogP contribution in [0.4, 0.5) is 0 Å². The summed E-state index contributed by atoms with van der Waals surface area (Å²) in [5, 5.41) is 6.61. The van der Waals surface area contributed by atoms with E-state index in [4.69, 9.17) is 0 Å². The van der Waals surface area contributed by atoms with Gasteiger partial charge < -0.3 is 10.6 Å². The van der Waals surface area contributed by atoms with Gasteiger partial charge in [-0.05, 0) is 32.7 Å². The van der Waals surface area contributed by atoms with Gasteiger partial charge in [-0.3, -0.25) is 4.79 Å². The van der Waals surface area contributed by atoms with E-state index in [9.17, 15) is 4.79 Å². The van der Waals surface area contributed by atoms with Crippen LogP contribution >= 0.6 is 0 Å². The Kier molecular flexibility index (Phi) is 5.81. The Morgan fingerprint density at radius 1 is 1.44 bits per heavy atom. The second kappa shape index (κ2) is 6.89. The largest absolute Gasteiger partial charge is 0.352 e. The highest BCUT2D eigenvalue weighted by Gasteiger charge is 2.22. The first-order valence-electron chi connectivity index (χ1n) is 6.69. The lowest BCUT2D eigenvalue weighted by atomic mass is 9.98. The Bertz CT molecular complexity index is 212. The van der Waals surface area contributed by atoms with Crippen molar-refractivity contribution in [3.8, 4) is 0 Å². The number of hydrogen-bond donors (Lipinski definition) is 2. The maximum Gasteiger partial charge on any atom is 0.223 e. The van der Waals surface area contributed by atoms with E-state index in [0.29, 0.717) is 6.04 Å². The minimum Gasteiger partial charge on any atom is -0.352 e. The lowest BCUT2D eigenvalue weighted by Gasteiger charge is -2.30. The van der Waals surface area contributed by atoms with Gasteiger partial charge in [0.05, 0.1) is 0 Å². The van der Waals surface area contributed by atoms with Crippen molar-refractivity contribution >= 4 is 5.91 Å². The van der Waals surface area contributed by atoms with Gasteiger partial charge in [-0.1, -0.05) is 26.7 Å². The molecule has 0 spiro atoms. The Labute approximate surface area is 99.4 Å². The zero-order valence-corrected chi connectivity index (χ0v) is 10.9. The van der Waals surface area contributed by atoms with Gasteiger partial charge >= 0.3 is 0 Å². The third-order valence-corrected chi connectivity index (χ3v) is 3.49. The normalized spacial score (nSPS) is 24.8. The van der Waals surface area contributed by atoms with Crippen molar-refractivity contribution in [1.29, 1.82) is 0 Å². The number of hydrogen-bond acceptors (Lipinski definition) is 2. The van der Waals surface area contributed by atoms with Crippen molar-refractivity contribution in [3.63, 3.8) is 0 Å². The summed E-state index contributed by atoms with van der Waals surface area (Å²) in [6.07, 6.45) is 5.79. The van der Waals surface area contributed by atoms with Crippen LogP contribution in [0.5, 0.6) is 0 Å². The maximum atomic E-state index is 11.8. The average Bonchev–Trinajstić information content (AvgIpc) is 2.30. The highest BCUT2D eigenvalue weighted by Crippen LogP contribution is 2.11. The van der Waals surface area contributed by atoms with Crippen LogP contribution in [0.3, 0.4) is 0 Å². The summed E-state index contributed by atoms with van der Waals surface area (Å²) >= 11 is 0. The third-order valence-electron chi connectivity index (χ3n) is 3.49. The van der Waals surface area contributed by atoms with Gasteiger partial charge in [0.15, 0.2) is 0 Å². The molecule has 16 heavy (non-hydrogen) atoms. The molecule has 0 aromatic carbocycles. The van der Waals surface area contributed by atoms with Crippen molar-refractivity contribution < 1.29 is 4.79 Å². The molecule has 0 saturated carbocycles. The van der Waals surface area contributed by atoms with Crippen LogP contribution < -0.4 is 10.6 Å². The molecule has 1 heterocycles. The van der Waals surface area contributed by atoms with Crippen molar-refractivity contribution in [2.45, 2.75) is 65.0 Å². The fraction of sp³-hybridized carbons (Fsp3) is 0.923. The quantitative estimate of drug-likeness (QED) is 0.753. The lowest BCUT2D eigenvalue weighted by molar-refractivity contribution is -0.125. The second-order valence-electron chi connectivity index (χ2n) is 5.04. The Morgan fingerprint density at radius 3 is 2.75 bits per heavy atom. The van der Waals surface area contributed by atoms with Gasteiger partial charge in [-0.15, -0.1) is 0 Å². The fourth-order valence-corrected chi connectivity index (χ4v) is 2.34. The smallest absolute Gasteiger partial charge is 0.223 e. The van der Waals surface area contributed by atoms with Gasteiger partial charge in [-0.2, -0.15) is 0 Å². The van der Waals surface area contributed by atoms with E-state index < -0.39 is 0 Å². The summed E-state index contributed by atoms with van der Waals surface area (Å²) in [5.41, 5.74) is 0. The summed E-state index contributed by atoms with van der Waals surface area (Å²) in [7, 11) is 0. The summed E-state index contributed by atoms with van der Waals surface area (Å²) in [6.45, 7) is 7.34. The number of carbonyl (C=O) groups is 1. The molecule has 1 aliphatic rings. The molecular weight excluding hydrogens is 200 g/mol. The highest BCUT2D eigenvalue weighted by atomic mass is 16.1. The predicted octanol–water partition coefficient (Wildman–Crippen LogP) is 2.07. The molecule has 3 heteroatoms. The number of nitrogens with one attached hydrogen (secondary N) is 2. The summed E-state index contributed by atoms with van der Waals surface area (Å²) in [5.74, 6) is 0.359. The first kappa shape index (κ1) is 13.5. The molecule has 2 N–H and O–H groups in total. The van der Waals surface area contributed by atoms with Crippen LogP contribution in [0.2, 0.25) is 0 Å². The summed E-state index contributed by atoms with van der Waals surface area (Å²) in [4.78, 5) is 11.8. The Balaban J connectivity index is 2.31. The molecule has 94 valence electrons. The average molecular weight is 226 g/mol. The summed E-state index contributed by atoms with van der Waals surface area (Å²) < 4.78 is 0. The monoisotopic (exact) mass is 226 g/mol. The summed E-state index contributed by atoms with van der Waals surface area (Å²) in [6, 6.07) is 0.721. The predicted molar refractivity (Wildman–Crippen MR) is 67.3 cm³/mol. The first-order chi connectivity index (χ1) is 7.65. The first-order valence-corrected chi connectivity index (χ1v) is 6.69. The molecule has 1 amide bonds. The standard InChI is InChI=1S/C13H26N2O/c1-4-7-10(2)13(16)15-11(3)12-8-5-6-9-14-12/h10-12,14H,4-9H2,1-3H3,(H,15,16). The molecule has 1 saturated heterocycles. The highest BCUT2D eigenvalue weighted by molar-refractivity contribution is 5.78. The second-order valence-corrected chi connectivity index (χ2v) is 5.04. The topological polar surface area (TPSA) is 41.1 Å². The zero-order valence-electron chi connectivity index (χ0n) is 10.9. The van der Waals surface area contributed by atoms with Crippen LogP contribution in [0.15, 0.2) is 0 Å². The molecule has 3 unspecified atom stereocenters. The Hall–Kier alpha value is -0.570. The van der Waals surface area contributed by atoms with Crippen LogP contribution in [0, 0.1) is 5.92 Å². The van der Waals surface area contributed by atoms with E-state index in [2.05, 4.69) is 24.5 Å². The number of amides is 1. The van der Waals surface area contributed by atoms with Gasteiger partial charge in [0.2, 0.25) is 5.91 Å². The van der Waals surface area contributed by atoms with E-state index in [1.165, 1.54) is 19.3 Å². The minimum atomic E-state index is 0.149. The van der Waals surface area contributed by atoms with Gasteiger partial charge in [0, 0.05) is 18.0 Å². The third kappa shape index (κ3) is 4.12. The van der Waals surface area contributed by atoms with Crippen LogP contribution in [-0.4, -0.2) is 24.5 Å². The number of carbonyl (C=O) groups excluding carboxylic acids is 1. The van der Waals surface area contributed by atoms with Crippen LogP contribution in [0.25, 0.3) is 0 Å². The molecule has 1 fully saturated rings. The molecule has 0 aliphatic carbocycles. The minimum absolute atomic E-state index is 0.149. The fourth-order valence-electron chi connectivity index (χ4n) is 2.34. The van der Waals surface area contributed by atoms with Crippen molar-refractivity contribution in [3.05, 3.63) is 0 Å². The molecule has 1 rings (SSSR count). The molecule has 1 aliphatic heterocycles. The van der Waals surface area contributed by atoms with Crippen LogP contribution in [0.1, 0.15) is 52.9 Å². The lowest BCUT2D eigenvalue weighted by Crippen LogP contribution is -2.51. The van der Waals surface area contributed by atoms with Crippen molar-refractivity contribution in [2.24, 2.45) is 5.92 Å². The molecule has 0 radical (unpaired) electrons. The van der Waals surface area contributed by atoms with E-state index >= 15 is 0 Å². The zero-order chi connectivity index (χ0) is 12.0. The Morgan fingerprint density at radius 2 is 2.19 bits per heavy atom. The molecule has 3 nitrogen and oxygen atoms in total. The molecule has 0 bridgehead atoms. The van der Waals surface area contributed by atoms with Crippen molar-refractivity contribution in [2.75, 3.05) is 6.54 Å². The van der Waals surface area contributed by atoms with E-state index in [0.717, 1.165) is 19.4 Å². The SMILES string of the molecule is CCCC(C)C(=O)NC(C)C1CCCCN1. The molecule has 0 aromatic rings. The molecular formula is C13H26N2O. The van der Waals surface area contributed by atoms with E-state index in [-0.39, 0.29) is 17.9 Å². The maximum absolute atomic E-state index is 11.8. The number of rotatable bonds is 5. The van der Waals surface area contributed by atoms with Gasteiger partial charge in [0.1, 0.15) is 0 Å². The van der Waals surface area contributed by atoms with Gasteiger partial charge in [0.25, 0.3) is 0 Å². The van der Waals surface area contributed by atoms with E-state index in [1.54, 1.807) is 0 Å². The van der Waals surface area contributed by atoms with Crippen LogP contribution in [-0.2, 0) is 4.79 Å². The van der Waals surface area contributed by atoms with Crippen molar-refractivity contribution in [1.82, 2.24) is 10.6 Å². The van der Waals surface area contributed by atoms with Gasteiger partial charge in [-0.25, -0.2) is 0 Å². The number of piperidine rings is 1. The molecule has 0 aromatic heterocycles. The van der Waals surface area contributed by atoms with E-state index in [1.807, 2.05) is 6.92 Å².